The van der Waals surface area contributed by atoms with Gasteiger partial charge in [-0.2, -0.15) is 0 Å². The van der Waals surface area contributed by atoms with E-state index in [2.05, 4.69) is 4.74 Å². The van der Waals surface area contributed by atoms with Gasteiger partial charge in [0.1, 0.15) is 11.2 Å². The first kappa shape index (κ1) is 20.4. The van der Waals surface area contributed by atoms with Crippen LogP contribution in [-0.2, 0) is 25.6 Å². The van der Waals surface area contributed by atoms with Gasteiger partial charge in [0.15, 0.2) is 0 Å². The van der Waals surface area contributed by atoms with Crippen LogP contribution in [0.5, 0.6) is 0 Å². The average Bonchev–Trinajstić information content (AvgIpc) is 2.91. The zero-order chi connectivity index (χ0) is 20.0. The standard InChI is InChI=1S/C19H22N2O5S/c1-5-26-17(22)11-16-21(12-18(23)25-4)19(24)15(27-16)10-13-6-8-14(9-7-13)20(2)3/h6-11H,5,12H2,1-4H3. The number of anilines is 1. The van der Waals surface area contributed by atoms with Gasteiger partial charge in [-0.1, -0.05) is 12.1 Å². The van der Waals surface area contributed by atoms with E-state index >= 15 is 0 Å². The van der Waals surface area contributed by atoms with Gasteiger partial charge in [-0.3, -0.25) is 14.2 Å². The summed E-state index contributed by atoms with van der Waals surface area (Å²) in [4.78, 5) is 38.1. The van der Waals surface area contributed by atoms with E-state index in [4.69, 9.17) is 4.74 Å². The van der Waals surface area contributed by atoms with Crippen molar-refractivity contribution >= 4 is 41.1 Å². The van der Waals surface area contributed by atoms with Crippen molar-refractivity contribution in [1.82, 2.24) is 4.57 Å². The molecule has 7 nitrogen and oxygen atoms in total. The van der Waals surface area contributed by atoms with Gasteiger partial charge in [-0.05, 0) is 30.7 Å². The maximum Gasteiger partial charge on any atom is 0.333 e. The zero-order valence-electron chi connectivity index (χ0n) is 15.7. The minimum atomic E-state index is -0.574. The molecule has 0 atom stereocenters. The first-order chi connectivity index (χ1) is 12.8. The van der Waals surface area contributed by atoms with E-state index in [0.717, 1.165) is 22.6 Å². The zero-order valence-corrected chi connectivity index (χ0v) is 16.5. The van der Waals surface area contributed by atoms with Crippen molar-refractivity contribution < 1.29 is 19.1 Å². The lowest BCUT2D eigenvalue weighted by Gasteiger charge is -2.11. The summed E-state index contributed by atoms with van der Waals surface area (Å²) in [6.07, 6.45) is 2.94. The number of ether oxygens (including phenoxy) is 2. The second-order valence-electron chi connectivity index (χ2n) is 5.80. The van der Waals surface area contributed by atoms with Gasteiger partial charge in [-0.15, -0.1) is 11.3 Å². The highest BCUT2D eigenvalue weighted by molar-refractivity contribution is 7.07. The Bertz CT molecular complexity index is 987. The molecule has 1 aromatic heterocycles. The monoisotopic (exact) mass is 390 g/mol. The third-order valence-electron chi connectivity index (χ3n) is 3.69. The molecule has 0 aliphatic carbocycles. The number of thiazole rings is 1. The van der Waals surface area contributed by atoms with E-state index in [1.165, 1.54) is 17.8 Å². The van der Waals surface area contributed by atoms with Crippen molar-refractivity contribution in [2.24, 2.45) is 0 Å². The van der Waals surface area contributed by atoms with E-state index in [0.29, 0.717) is 9.20 Å². The molecule has 0 radical (unpaired) electrons. The number of carbonyl (C=O) groups is 2. The van der Waals surface area contributed by atoms with Gasteiger partial charge in [0, 0.05) is 19.8 Å². The highest BCUT2D eigenvalue weighted by Gasteiger charge is 2.11. The minimum Gasteiger partial charge on any atom is -0.468 e. The molecular weight excluding hydrogens is 368 g/mol. The van der Waals surface area contributed by atoms with Gasteiger partial charge >= 0.3 is 11.9 Å². The molecule has 0 saturated carbocycles. The van der Waals surface area contributed by atoms with Gasteiger partial charge < -0.3 is 14.4 Å². The highest BCUT2D eigenvalue weighted by Crippen LogP contribution is 2.12. The van der Waals surface area contributed by atoms with Crippen LogP contribution >= 0.6 is 11.3 Å². The van der Waals surface area contributed by atoms with Crippen molar-refractivity contribution in [3.05, 3.63) is 49.4 Å². The molecule has 0 aliphatic heterocycles. The van der Waals surface area contributed by atoms with Crippen LogP contribution in [0.1, 0.15) is 12.5 Å². The fourth-order valence-electron chi connectivity index (χ4n) is 2.29. The average molecular weight is 390 g/mol. The summed E-state index contributed by atoms with van der Waals surface area (Å²) in [5.41, 5.74) is 1.52. The SMILES string of the molecule is CCOC(=O)C=c1sc(=Cc2ccc(N(C)C)cc2)c(=O)n1CC(=O)OC. The van der Waals surface area contributed by atoms with Crippen molar-refractivity contribution in [3.63, 3.8) is 0 Å². The Balaban J connectivity index is 2.55. The molecule has 0 N–H and O–H groups in total. The Hall–Kier alpha value is -2.87. The molecule has 8 heteroatoms. The van der Waals surface area contributed by atoms with Crippen LogP contribution < -0.4 is 19.7 Å². The maximum atomic E-state index is 12.7. The van der Waals surface area contributed by atoms with Crippen molar-refractivity contribution in [1.29, 1.82) is 0 Å². The molecule has 1 aromatic carbocycles. The second-order valence-corrected chi connectivity index (χ2v) is 6.86. The molecule has 1 heterocycles. The molecule has 27 heavy (non-hydrogen) atoms. The summed E-state index contributed by atoms with van der Waals surface area (Å²) in [5.74, 6) is -1.14. The molecule has 0 unspecified atom stereocenters. The second kappa shape index (κ2) is 9.18. The number of methoxy groups -OCH3 is 1. The Morgan fingerprint density at radius 1 is 1.22 bits per heavy atom. The fraction of sp³-hybridized carbons (Fsp3) is 0.316. The van der Waals surface area contributed by atoms with Crippen LogP contribution in [0.3, 0.4) is 0 Å². The summed E-state index contributed by atoms with van der Waals surface area (Å²) < 4.78 is 11.5. The lowest BCUT2D eigenvalue weighted by atomic mass is 10.2. The minimum absolute atomic E-state index is 0.221. The molecule has 0 spiro atoms. The van der Waals surface area contributed by atoms with Gasteiger partial charge in [0.25, 0.3) is 5.56 Å². The number of hydrogen-bond donors (Lipinski definition) is 0. The van der Waals surface area contributed by atoms with Gasteiger partial charge in [-0.25, -0.2) is 4.79 Å². The number of hydrogen-bond acceptors (Lipinski definition) is 7. The topological polar surface area (TPSA) is 77.8 Å². The molecular formula is C19H22N2O5S. The van der Waals surface area contributed by atoms with Crippen LogP contribution in [0.15, 0.2) is 29.1 Å². The number of esters is 2. The molecule has 2 aromatic rings. The first-order valence-electron chi connectivity index (χ1n) is 8.29. The Morgan fingerprint density at radius 3 is 2.44 bits per heavy atom. The number of rotatable bonds is 6. The molecule has 0 fully saturated rings. The summed E-state index contributed by atoms with van der Waals surface area (Å²) in [5, 5.41) is 0. The summed E-state index contributed by atoms with van der Waals surface area (Å²) in [6.45, 7) is 1.64. The lowest BCUT2D eigenvalue weighted by Crippen LogP contribution is -2.34. The summed E-state index contributed by atoms with van der Waals surface area (Å²) in [6, 6.07) is 7.68. The Kier molecular flexibility index (Phi) is 6.95. The Morgan fingerprint density at radius 2 is 1.89 bits per heavy atom. The van der Waals surface area contributed by atoms with E-state index in [1.807, 2.05) is 43.3 Å². The van der Waals surface area contributed by atoms with E-state index in [9.17, 15) is 14.4 Å². The summed E-state index contributed by atoms with van der Waals surface area (Å²) in [7, 11) is 5.13. The lowest BCUT2D eigenvalue weighted by molar-refractivity contribution is -0.141. The van der Waals surface area contributed by atoms with Crippen molar-refractivity contribution in [3.8, 4) is 0 Å². The van der Waals surface area contributed by atoms with Crippen molar-refractivity contribution in [2.45, 2.75) is 13.5 Å². The molecule has 0 aliphatic rings. The largest absolute Gasteiger partial charge is 0.468 e. The van der Waals surface area contributed by atoms with E-state index in [1.54, 1.807) is 13.0 Å². The molecule has 2 rings (SSSR count). The number of aromatic nitrogens is 1. The normalized spacial score (nSPS) is 12.1. The third kappa shape index (κ3) is 5.30. The van der Waals surface area contributed by atoms with Gasteiger partial charge in [0.05, 0.1) is 24.3 Å². The number of benzene rings is 1. The fourth-order valence-corrected chi connectivity index (χ4v) is 3.32. The van der Waals surface area contributed by atoms with Crippen LogP contribution in [0.25, 0.3) is 12.2 Å². The van der Waals surface area contributed by atoms with E-state index < -0.39 is 11.9 Å². The first-order valence-corrected chi connectivity index (χ1v) is 9.11. The molecule has 0 saturated heterocycles. The predicted octanol–water partition coefficient (Wildman–Crippen LogP) is 0.321. The highest BCUT2D eigenvalue weighted by atomic mass is 32.1. The quantitative estimate of drug-likeness (QED) is 0.661. The molecule has 144 valence electrons. The third-order valence-corrected chi connectivity index (χ3v) is 4.75. The smallest absolute Gasteiger partial charge is 0.333 e. The number of carbonyl (C=O) groups excluding carboxylic acids is 2. The summed E-state index contributed by atoms with van der Waals surface area (Å²) >= 11 is 1.12. The van der Waals surface area contributed by atoms with Crippen LogP contribution in [0.4, 0.5) is 5.69 Å². The number of nitrogens with zero attached hydrogens (tertiary/aromatic N) is 2. The predicted molar refractivity (Wildman–Crippen MR) is 105 cm³/mol. The maximum absolute atomic E-state index is 12.7. The van der Waals surface area contributed by atoms with Gasteiger partial charge in [0.2, 0.25) is 0 Å². The van der Waals surface area contributed by atoms with Crippen LogP contribution in [-0.4, -0.2) is 44.3 Å². The van der Waals surface area contributed by atoms with E-state index in [-0.39, 0.29) is 18.7 Å². The molecule has 0 bridgehead atoms. The van der Waals surface area contributed by atoms with Crippen LogP contribution in [0, 0.1) is 0 Å². The Labute approximate surface area is 160 Å². The molecule has 0 amide bonds. The van der Waals surface area contributed by atoms with Crippen molar-refractivity contribution in [2.75, 3.05) is 32.7 Å². The van der Waals surface area contributed by atoms with Crippen LogP contribution in [0.2, 0.25) is 0 Å².